The van der Waals surface area contributed by atoms with E-state index in [0.717, 1.165) is 5.75 Å². The monoisotopic (exact) mass is 235 g/mol. The van der Waals surface area contributed by atoms with E-state index in [1.54, 1.807) is 6.26 Å². The second-order valence-electron chi connectivity index (χ2n) is 4.13. The molecule has 0 amide bonds. The van der Waals surface area contributed by atoms with E-state index in [-0.39, 0.29) is 0 Å². The number of hydrogen-bond donors (Lipinski definition) is 1. The van der Waals surface area contributed by atoms with Crippen molar-refractivity contribution >= 4 is 22.6 Å². The Morgan fingerprint density at radius 1 is 1.64 bits per heavy atom. The zero-order valence-electron chi connectivity index (χ0n) is 9.29. The first-order valence-corrected chi connectivity index (χ1v) is 8.05. The van der Waals surface area contributed by atoms with Gasteiger partial charge in [0.25, 0.3) is 0 Å². The van der Waals surface area contributed by atoms with E-state index in [0.29, 0.717) is 17.3 Å². The SMILES string of the molecule is CC(CS(C)=O)NC1CCCSC1C. The van der Waals surface area contributed by atoms with Crippen LogP contribution in [0.4, 0.5) is 0 Å². The fourth-order valence-electron chi connectivity index (χ4n) is 1.91. The van der Waals surface area contributed by atoms with Crippen LogP contribution in [0.5, 0.6) is 0 Å². The molecule has 0 aromatic heterocycles. The zero-order valence-corrected chi connectivity index (χ0v) is 10.9. The fourth-order valence-corrected chi connectivity index (χ4v) is 3.86. The Morgan fingerprint density at radius 3 is 2.93 bits per heavy atom. The van der Waals surface area contributed by atoms with Gasteiger partial charge < -0.3 is 5.32 Å². The van der Waals surface area contributed by atoms with Crippen LogP contribution in [0.1, 0.15) is 26.7 Å². The molecule has 0 radical (unpaired) electrons. The number of hydrogen-bond acceptors (Lipinski definition) is 3. The van der Waals surface area contributed by atoms with Gasteiger partial charge in [-0.1, -0.05) is 6.92 Å². The predicted octanol–water partition coefficient (Wildman–Crippen LogP) is 1.63. The van der Waals surface area contributed by atoms with E-state index >= 15 is 0 Å². The van der Waals surface area contributed by atoms with E-state index in [4.69, 9.17) is 0 Å². The maximum absolute atomic E-state index is 11.0. The molecule has 84 valence electrons. The average Bonchev–Trinajstić information content (AvgIpc) is 2.07. The Kier molecular flexibility index (Phi) is 5.49. The maximum atomic E-state index is 11.0. The van der Waals surface area contributed by atoms with Crippen molar-refractivity contribution in [2.75, 3.05) is 17.8 Å². The van der Waals surface area contributed by atoms with Crippen molar-refractivity contribution in [3.8, 4) is 0 Å². The molecule has 0 saturated carbocycles. The van der Waals surface area contributed by atoms with Gasteiger partial charge in [-0.2, -0.15) is 11.8 Å². The quantitative estimate of drug-likeness (QED) is 0.803. The molecule has 4 unspecified atom stereocenters. The molecule has 1 fully saturated rings. The van der Waals surface area contributed by atoms with E-state index < -0.39 is 10.8 Å². The van der Waals surface area contributed by atoms with Gasteiger partial charge in [-0.25, -0.2) is 0 Å². The summed E-state index contributed by atoms with van der Waals surface area (Å²) >= 11 is 2.05. The molecule has 0 aromatic carbocycles. The molecule has 4 atom stereocenters. The summed E-state index contributed by atoms with van der Waals surface area (Å²) in [7, 11) is -0.681. The van der Waals surface area contributed by atoms with Crippen molar-refractivity contribution in [2.24, 2.45) is 0 Å². The van der Waals surface area contributed by atoms with Crippen molar-refractivity contribution in [2.45, 2.75) is 44.0 Å². The molecule has 0 bridgehead atoms. The summed E-state index contributed by atoms with van der Waals surface area (Å²) in [5.41, 5.74) is 0. The molecule has 1 N–H and O–H groups in total. The topological polar surface area (TPSA) is 29.1 Å². The summed E-state index contributed by atoms with van der Waals surface area (Å²) in [6.07, 6.45) is 4.36. The van der Waals surface area contributed by atoms with Crippen molar-refractivity contribution in [3.05, 3.63) is 0 Å². The normalized spacial score (nSPS) is 32.5. The van der Waals surface area contributed by atoms with Crippen LogP contribution in [0.25, 0.3) is 0 Å². The number of rotatable bonds is 4. The highest BCUT2D eigenvalue weighted by Gasteiger charge is 2.22. The van der Waals surface area contributed by atoms with Gasteiger partial charge in [-0.05, 0) is 25.5 Å². The van der Waals surface area contributed by atoms with Gasteiger partial charge in [0.2, 0.25) is 0 Å². The second-order valence-corrected chi connectivity index (χ2v) is 7.10. The second kappa shape index (κ2) is 6.13. The largest absolute Gasteiger partial charge is 0.309 e. The lowest BCUT2D eigenvalue weighted by molar-refractivity contribution is 0.427. The van der Waals surface area contributed by atoms with Gasteiger partial charge in [-0.15, -0.1) is 0 Å². The molecule has 14 heavy (non-hydrogen) atoms. The van der Waals surface area contributed by atoms with Crippen LogP contribution in [0.2, 0.25) is 0 Å². The van der Waals surface area contributed by atoms with Crippen LogP contribution in [0.3, 0.4) is 0 Å². The molecule has 1 aliphatic heterocycles. The smallest absolute Gasteiger partial charge is 0.0383 e. The number of thioether (sulfide) groups is 1. The minimum absolute atomic E-state index is 0.381. The third-order valence-corrected chi connectivity index (χ3v) is 4.94. The van der Waals surface area contributed by atoms with E-state index in [1.165, 1.54) is 18.6 Å². The van der Waals surface area contributed by atoms with E-state index in [2.05, 4.69) is 19.2 Å². The van der Waals surface area contributed by atoms with Crippen LogP contribution in [-0.2, 0) is 10.8 Å². The molecular weight excluding hydrogens is 214 g/mol. The van der Waals surface area contributed by atoms with Crippen LogP contribution in [0.15, 0.2) is 0 Å². The minimum atomic E-state index is -0.681. The van der Waals surface area contributed by atoms with Crippen LogP contribution in [0, 0.1) is 0 Å². The molecule has 1 aliphatic rings. The van der Waals surface area contributed by atoms with E-state index in [9.17, 15) is 4.21 Å². The van der Waals surface area contributed by atoms with Crippen LogP contribution in [-0.4, -0.2) is 39.3 Å². The third-order valence-electron chi connectivity index (χ3n) is 2.59. The zero-order chi connectivity index (χ0) is 10.6. The van der Waals surface area contributed by atoms with Crippen molar-refractivity contribution in [1.82, 2.24) is 5.32 Å². The first kappa shape index (κ1) is 12.5. The molecular formula is C10H21NOS2. The van der Waals surface area contributed by atoms with Crippen molar-refractivity contribution < 1.29 is 4.21 Å². The molecule has 1 saturated heterocycles. The van der Waals surface area contributed by atoms with Gasteiger partial charge in [0.1, 0.15) is 0 Å². The fraction of sp³-hybridized carbons (Fsp3) is 1.00. The summed E-state index contributed by atoms with van der Waals surface area (Å²) in [4.78, 5) is 0. The Morgan fingerprint density at radius 2 is 2.36 bits per heavy atom. The van der Waals surface area contributed by atoms with Gasteiger partial charge in [0.05, 0.1) is 0 Å². The van der Waals surface area contributed by atoms with Crippen molar-refractivity contribution in [3.63, 3.8) is 0 Å². The molecule has 2 nitrogen and oxygen atoms in total. The summed E-state index contributed by atoms with van der Waals surface area (Å²) in [6.45, 7) is 4.42. The molecule has 0 spiro atoms. The summed E-state index contributed by atoms with van der Waals surface area (Å²) in [6, 6.07) is 0.999. The molecule has 0 aliphatic carbocycles. The highest BCUT2D eigenvalue weighted by Crippen LogP contribution is 2.25. The predicted molar refractivity (Wildman–Crippen MR) is 66.5 cm³/mol. The number of nitrogens with one attached hydrogen (secondary N) is 1. The van der Waals surface area contributed by atoms with E-state index in [1.807, 2.05) is 11.8 Å². The molecule has 1 heterocycles. The maximum Gasteiger partial charge on any atom is 0.0383 e. The molecule has 4 heteroatoms. The summed E-state index contributed by atoms with van der Waals surface area (Å²) in [5.74, 6) is 2.07. The Hall–Kier alpha value is 0.460. The molecule has 0 aromatic rings. The lowest BCUT2D eigenvalue weighted by Crippen LogP contribution is -2.45. The minimum Gasteiger partial charge on any atom is -0.309 e. The van der Waals surface area contributed by atoms with Crippen molar-refractivity contribution in [1.29, 1.82) is 0 Å². The highest BCUT2D eigenvalue weighted by atomic mass is 32.2. The van der Waals surface area contributed by atoms with Gasteiger partial charge in [-0.3, -0.25) is 4.21 Å². The van der Waals surface area contributed by atoms with Gasteiger partial charge >= 0.3 is 0 Å². The Labute approximate surface area is 94.1 Å². The highest BCUT2D eigenvalue weighted by molar-refractivity contribution is 7.99. The standard InChI is InChI=1S/C10H21NOS2/c1-8(7-14(3)12)11-10-5-4-6-13-9(10)2/h8-11H,4-7H2,1-3H3. The Bertz CT molecular complexity index is 199. The average molecular weight is 235 g/mol. The Balaban J connectivity index is 2.30. The van der Waals surface area contributed by atoms with Crippen LogP contribution >= 0.6 is 11.8 Å². The first-order valence-electron chi connectivity index (χ1n) is 5.27. The summed E-state index contributed by atoms with van der Waals surface area (Å²) in [5, 5.41) is 4.29. The van der Waals surface area contributed by atoms with Gasteiger partial charge in [0, 0.05) is 40.1 Å². The lowest BCUT2D eigenvalue weighted by Gasteiger charge is -2.31. The third kappa shape index (κ3) is 4.32. The molecule has 1 rings (SSSR count). The lowest BCUT2D eigenvalue weighted by atomic mass is 10.1. The first-order chi connectivity index (χ1) is 6.59. The van der Waals surface area contributed by atoms with Crippen LogP contribution < -0.4 is 5.32 Å². The van der Waals surface area contributed by atoms with Gasteiger partial charge in [0.15, 0.2) is 0 Å². The summed E-state index contributed by atoms with van der Waals surface area (Å²) < 4.78 is 11.0.